The second kappa shape index (κ2) is 7.13. The molecule has 0 unspecified atom stereocenters. The molecule has 5 rings (SSSR count). The lowest BCUT2D eigenvalue weighted by atomic mass is 9.85. The minimum Gasteiger partial charge on any atom is -0.351 e. The van der Waals surface area contributed by atoms with E-state index in [0.29, 0.717) is 12.3 Å². The minimum absolute atomic E-state index is 0.162. The predicted molar refractivity (Wildman–Crippen MR) is 111 cm³/mol. The molecule has 1 amide bonds. The van der Waals surface area contributed by atoms with Gasteiger partial charge in [0.1, 0.15) is 5.82 Å². The van der Waals surface area contributed by atoms with Gasteiger partial charge in [0.05, 0.1) is 12.5 Å². The third-order valence-electron chi connectivity index (χ3n) is 6.31. The highest BCUT2D eigenvalue weighted by molar-refractivity contribution is 5.79. The number of anilines is 1. The average Bonchev–Trinajstić information content (AvgIpc) is 3.02. The fourth-order valence-corrected chi connectivity index (χ4v) is 4.10. The van der Waals surface area contributed by atoms with E-state index in [2.05, 4.69) is 34.2 Å². The predicted octanol–water partition coefficient (Wildman–Crippen LogP) is 2.59. The van der Waals surface area contributed by atoms with Gasteiger partial charge in [0.15, 0.2) is 11.5 Å². The molecule has 1 aliphatic heterocycles. The van der Waals surface area contributed by atoms with E-state index in [4.69, 9.17) is 5.10 Å². The number of amides is 1. The number of aromatic nitrogens is 4. The summed E-state index contributed by atoms with van der Waals surface area (Å²) >= 11 is 0. The van der Waals surface area contributed by atoms with Crippen molar-refractivity contribution in [1.29, 1.82) is 0 Å². The molecule has 7 heteroatoms. The fourth-order valence-electron chi connectivity index (χ4n) is 4.10. The molecule has 2 aromatic heterocycles. The molecule has 29 heavy (non-hydrogen) atoms. The molecular formula is C22H26N6O. The van der Waals surface area contributed by atoms with Crippen LogP contribution in [0.3, 0.4) is 0 Å². The highest BCUT2D eigenvalue weighted by Gasteiger charge is 2.34. The summed E-state index contributed by atoms with van der Waals surface area (Å²) in [6, 6.07) is 12.4. The summed E-state index contributed by atoms with van der Waals surface area (Å²) in [6.07, 6.45) is 4.05. The van der Waals surface area contributed by atoms with Gasteiger partial charge in [0.2, 0.25) is 5.91 Å². The number of rotatable bonds is 5. The summed E-state index contributed by atoms with van der Waals surface area (Å²) in [7, 11) is 1.91. The van der Waals surface area contributed by atoms with Crippen LogP contribution in [0, 0.1) is 6.92 Å². The zero-order chi connectivity index (χ0) is 20.0. The van der Waals surface area contributed by atoms with Gasteiger partial charge in [-0.05, 0) is 37.5 Å². The molecule has 2 aliphatic rings. The van der Waals surface area contributed by atoms with Crippen LogP contribution in [-0.2, 0) is 11.2 Å². The molecule has 0 N–H and O–H groups in total. The Balaban J connectivity index is 1.23. The number of hydrogen-bond donors (Lipinski definition) is 0. The van der Waals surface area contributed by atoms with Crippen molar-refractivity contribution in [3.05, 3.63) is 53.3 Å². The molecule has 1 saturated carbocycles. The van der Waals surface area contributed by atoms with Gasteiger partial charge in [0, 0.05) is 26.1 Å². The van der Waals surface area contributed by atoms with E-state index < -0.39 is 0 Å². The first-order chi connectivity index (χ1) is 14.1. The molecule has 0 atom stereocenters. The van der Waals surface area contributed by atoms with Crippen molar-refractivity contribution in [2.75, 3.05) is 25.0 Å². The van der Waals surface area contributed by atoms with Crippen molar-refractivity contribution in [3.8, 4) is 0 Å². The lowest BCUT2D eigenvalue weighted by molar-refractivity contribution is -0.131. The summed E-state index contributed by atoms with van der Waals surface area (Å²) in [5.74, 6) is 2.56. The van der Waals surface area contributed by atoms with Crippen LogP contribution >= 0.6 is 0 Å². The number of likely N-dealkylation sites (N-methyl/N-ethyl adjacent to an activating group) is 1. The van der Waals surface area contributed by atoms with Gasteiger partial charge in [-0.25, -0.2) is 0 Å². The van der Waals surface area contributed by atoms with Crippen LogP contribution in [-0.4, -0.2) is 56.8 Å². The van der Waals surface area contributed by atoms with Crippen LogP contribution in [0.15, 0.2) is 36.4 Å². The van der Waals surface area contributed by atoms with Crippen molar-refractivity contribution in [2.45, 2.75) is 44.6 Å². The lowest BCUT2D eigenvalue weighted by Gasteiger charge is -2.44. The Bertz CT molecular complexity index is 1050. The molecule has 7 nitrogen and oxygen atoms in total. The number of hydrogen-bond acceptors (Lipinski definition) is 5. The summed E-state index contributed by atoms with van der Waals surface area (Å²) in [5, 5.41) is 13.4. The smallest absolute Gasteiger partial charge is 0.227 e. The molecule has 150 valence electrons. The topological polar surface area (TPSA) is 66.6 Å². The second-order valence-corrected chi connectivity index (χ2v) is 8.38. The Hall–Kier alpha value is -2.96. The number of carbonyl (C=O) groups excluding carboxylic acids is 1. The SMILES string of the molecule is Cc1cccc(CC(=O)N(C)C2CN(c3ccc4nnc(C5CCC5)n4n3)C2)c1. The normalized spacial score (nSPS) is 17.2. The highest BCUT2D eigenvalue weighted by Crippen LogP contribution is 2.35. The zero-order valence-electron chi connectivity index (χ0n) is 17.0. The first-order valence-corrected chi connectivity index (χ1v) is 10.4. The van der Waals surface area contributed by atoms with E-state index in [1.165, 1.54) is 24.8 Å². The molecule has 0 bridgehead atoms. The van der Waals surface area contributed by atoms with E-state index >= 15 is 0 Å². The van der Waals surface area contributed by atoms with Gasteiger partial charge in [-0.3, -0.25) is 4.79 Å². The molecule has 3 aromatic rings. The third-order valence-corrected chi connectivity index (χ3v) is 6.31. The number of carbonyl (C=O) groups is 1. The average molecular weight is 390 g/mol. The Labute approximate surface area is 170 Å². The van der Waals surface area contributed by atoms with Crippen LogP contribution in [0.2, 0.25) is 0 Å². The molecule has 0 radical (unpaired) electrons. The highest BCUT2D eigenvalue weighted by atomic mass is 16.2. The molecule has 1 aromatic carbocycles. The molecule has 1 aliphatic carbocycles. The first kappa shape index (κ1) is 18.1. The van der Waals surface area contributed by atoms with Gasteiger partial charge in [-0.15, -0.1) is 15.3 Å². The molecular weight excluding hydrogens is 364 g/mol. The second-order valence-electron chi connectivity index (χ2n) is 8.38. The summed E-state index contributed by atoms with van der Waals surface area (Å²) in [4.78, 5) is 16.8. The van der Waals surface area contributed by atoms with Crippen molar-refractivity contribution < 1.29 is 4.79 Å². The third kappa shape index (κ3) is 3.34. The first-order valence-electron chi connectivity index (χ1n) is 10.4. The van der Waals surface area contributed by atoms with Crippen LogP contribution < -0.4 is 4.90 Å². The van der Waals surface area contributed by atoms with Crippen molar-refractivity contribution in [3.63, 3.8) is 0 Å². The van der Waals surface area contributed by atoms with Crippen LogP contribution in [0.4, 0.5) is 5.82 Å². The van der Waals surface area contributed by atoms with Crippen LogP contribution in [0.25, 0.3) is 5.65 Å². The van der Waals surface area contributed by atoms with E-state index in [-0.39, 0.29) is 11.9 Å². The number of benzene rings is 1. The van der Waals surface area contributed by atoms with Gasteiger partial charge in [-0.1, -0.05) is 36.2 Å². The Morgan fingerprint density at radius 1 is 1.17 bits per heavy atom. The number of nitrogens with zero attached hydrogens (tertiary/aromatic N) is 6. The Morgan fingerprint density at radius 3 is 2.72 bits per heavy atom. The minimum atomic E-state index is 0.162. The Morgan fingerprint density at radius 2 is 2.00 bits per heavy atom. The largest absolute Gasteiger partial charge is 0.351 e. The van der Waals surface area contributed by atoms with Crippen LogP contribution in [0.1, 0.15) is 42.1 Å². The maximum atomic E-state index is 12.7. The summed E-state index contributed by atoms with van der Waals surface area (Å²) < 4.78 is 1.90. The summed E-state index contributed by atoms with van der Waals surface area (Å²) in [5.41, 5.74) is 3.06. The molecule has 2 fully saturated rings. The van der Waals surface area contributed by atoms with E-state index in [1.54, 1.807) is 0 Å². The number of aryl methyl sites for hydroxylation is 1. The quantitative estimate of drug-likeness (QED) is 0.670. The standard InChI is InChI=1S/C22H26N6O/c1-15-5-3-6-16(11-15)12-21(29)26(2)18-13-27(14-18)20-10-9-19-23-24-22(28(19)25-20)17-7-4-8-17/h3,5-6,9-11,17-18H,4,7-8,12-14H2,1-2H3. The monoisotopic (exact) mass is 390 g/mol. The zero-order valence-corrected chi connectivity index (χ0v) is 17.0. The van der Waals surface area contributed by atoms with E-state index in [9.17, 15) is 4.79 Å². The van der Waals surface area contributed by atoms with E-state index in [1.807, 2.05) is 40.7 Å². The fraction of sp³-hybridized carbons (Fsp3) is 0.455. The Kier molecular flexibility index (Phi) is 4.45. The molecule has 0 spiro atoms. The van der Waals surface area contributed by atoms with Crippen molar-refractivity contribution >= 4 is 17.4 Å². The van der Waals surface area contributed by atoms with Crippen molar-refractivity contribution in [2.24, 2.45) is 0 Å². The van der Waals surface area contributed by atoms with E-state index in [0.717, 1.165) is 35.9 Å². The van der Waals surface area contributed by atoms with Crippen LogP contribution in [0.5, 0.6) is 0 Å². The summed E-state index contributed by atoms with van der Waals surface area (Å²) in [6.45, 7) is 3.66. The van der Waals surface area contributed by atoms with Gasteiger partial charge >= 0.3 is 0 Å². The van der Waals surface area contributed by atoms with Gasteiger partial charge in [-0.2, -0.15) is 4.52 Å². The molecule has 1 saturated heterocycles. The maximum Gasteiger partial charge on any atom is 0.227 e. The maximum absolute atomic E-state index is 12.7. The van der Waals surface area contributed by atoms with Gasteiger partial charge < -0.3 is 9.80 Å². The van der Waals surface area contributed by atoms with Gasteiger partial charge in [0.25, 0.3) is 0 Å². The number of fused-ring (bicyclic) bond motifs is 1. The van der Waals surface area contributed by atoms with Crippen molar-refractivity contribution in [1.82, 2.24) is 24.7 Å². The molecule has 3 heterocycles. The lowest BCUT2D eigenvalue weighted by Crippen LogP contribution is -2.60.